The Morgan fingerprint density at radius 1 is 1.03 bits per heavy atom. The lowest BCUT2D eigenvalue weighted by Crippen LogP contribution is -2.25. The monoisotopic (exact) mass is 559 g/mol. The molecule has 0 bridgehead atoms. The van der Waals surface area contributed by atoms with Gasteiger partial charge < -0.3 is 14.2 Å². The second kappa shape index (κ2) is 10.4. The molecular weight excluding hydrogens is 542 g/mol. The van der Waals surface area contributed by atoms with Gasteiger partial charge in [-0.25, -0.2) is 4.98 Å². The Hall–Kier alpha value is -3.14. The third-order valence-corrected chi connectivity index (χ3v) is 6.55. The molecule has 1 heterocycles. The molecule has 1 amide bonds. The number of benzene rings is 3. The minimum absolute atomic E-state index is 0.349. The number of hydrazone groups is 1. The normalized spacial score (nSPS) is 11.1. The van der Waals surface area contributed by atoms with Gasteiger partial charge in [0, 0.05) is 20.6 Å². The molecule has 4 rings (SSSR count). The number of hydrogen-bond acceptors (Lipinski definition) is 7. The number of methoxy groups -OCH3 is 3. The fraction of sp³-hybridized carbons (Fsp3) is 0.125. The Morgan fingerprint density at radius 3 is 2.32 bits per heavy atom. The van der Waals surface area contributed by atoms with Gasteiger partial charge in [-0.3, -0.25) is 4.79 Å². The predicted octanol–water partition coefficient (Wildman–Crippen LogP) is 6.42. The molecule has 0 saturated carbocycles. The molecule has 0 unspecified atom stereocenters. The van der Waals surface area contributed by atoms with Crippen LogP contribution in [0.25, 0.3) is 10.2 Å². The molecule has 0 aliphatic carbocycles. The molecule has 0 aliphatic rings. The topological polar surface area (TPSA) is 73.2 Å². The van der Waals surface area contributed by atoms with E-state index in [-0.39, 0.29) is 5.91 Å². The first-order valence-electron chi connectivity index (χ1n) is 9.93. The molecule has 0 fully saturated rings. The minimum atomic E-state index is -0.349. The third kappa shape index (κ3) is 5.01. The van der Waals surface area contributed by atoms with Crippen molar-refractivity contribution in [3.63, 3.8) is 0 Å². The Bertz CT molecular complexity index is 1350. The van der Waals surface area contributed by atoms with Gasteiger partial charge in [0.25, 0.3) is 5.91 Å². The number of carbonyl (C=O) groups is 1. The first-order chi connectivity index (χ1) is 16.4. The molecule has 7 nitrogen and oxygen atoms in total. The number of anilines is 1. The predicted molar refractivity (Wildman–Crippen MR) is 139 cm³/mol. The Balaban J connectivity index is 1.78. The summed E-state index contributed by atoms with van der Waals surface area (Å²) in [5.41, 5.74) is 1.83. The van der Waals surface area contributed by atoms with Gasteiger partial charge >= 0.3 is 0 Å². The van der Waals surface area contributed by atoms with Crippen LogP contribution in [0.2, 0.25) is 5.02 Å². The van der Waals surface area contributed by atoms with Gasteiger partial charge in [0.15, 0.2) is 11.5 Å². The molecule has 4 aromatic rings. The number of hydrogen-bond donors (Lipinski definition) is 0. The van der Waals surface area contributed by atoms with Gasteiger partial charge in [0.05, 0.1) is 37.8 Å². The van der Waals surface area contributed by atoms with Crippen molar-refractivity contribution in [3.05, 3.63) is 75.2 Å². The number of aromatic nitrogens is 1. The zero-order valence-corrected chi connectivity index (χ0v) is 21.6. The fourth-order valence-electron chi connectivity index (χ4n) is 3.18. The van der Waals surface area contributed by atoms with E-state index >= 15 is 0 Å². The van der Waals surface area contributed by atoms with Gasteiger partial charge in [0.2, 0.25) is 10.9 Å². The summed E-state index contributed by atoms with van der Waals surface area (Å²) in [6.45, 7) is 0. The molecule has 0 atom stereocenters. The molecule has 1 aromatic heterocycles. The fourth-order valence-corrected chi connectivity index (χ4v) is 4.78. The Labute approximate surface area is 213 Å². The summed E-state index contributed by atoms with van der Waals surface area (Å²) in [7, 11) is 4.60. The largest absolute Gasteiger partial charge is 0.493 e. The second-order valence-electron chi connectivity index (χ2n) is 6.94. The average Bonchev–Trinajstić information content (AvgIpc) is 3.26. The first kappa shape index (κ1) is 24.0. The van der Waals surface area contributed by atoms with E-state index in [0.29, 0.717) is 38.5 Å². The Kier molecular flexibility index (Phi) is 7.35. The summed E-state index contributed by atoms with van der Waals surface area (Å²) < 4.78 is 18.0. The number of ether oxygens (including phenoxy) is 3. The van der Waals surface area contributed by atoms with Crippen LogP contribution >= 0.6 is 38.9 Å². The van der Waals surface area contributed by atoms with Crippen molar-refractivity contribution < 1.29 is 19.0 Å². The Morgan fingerprint density at radius 2 is 1.71 bits per heavy atom. The number of rotatable bonds is 7. The maximum absolute atomic E-state index is 13.4. The van der Waals surface area contributed by atoms with Gasteiger partial charge in [-0.2, -0.15) is 10.1 Å². The summed E-state index contributed by atoms with van der Waals surface area (Å²) in [6.07, 6.45) is 1.54. The van der Waals surface area contributed by atoms with Crippen LogP contribution in [-0.4, -0.2) is 38.4 Å². The van der Waals surface area contributed by atoms with Gasteiger partial charge in [0.1, 0.15) is 0 Å². The lowest BCUT2D eigenvalue weighted by molar-refractivity contribution is 0.0988. The molecule has 174 valence electrons. The molecule has 10 heteroatoms. The summed E-state index contributed by atoms with van der Waals surface area (Å²) >= 11 is 10.8. The maximum atomic E-state index is 13.4. The van der Waals surface area contributed by atoms with Crippen LogP contribution in [0.4, 0.5) is 5.13 Å². The highest BCUT2D eigenvalue weighted by molar-refractivity contribution is 9.10. The molecule has 0 spiro atoms. The van der Waals surface area contributed by atoms with E-state index in [1.54, 1.807) is 42.6 Å². The zero-order chi connectivity index (χ0) is 24.2. The molecule has 0 radical (unpaired) electrons. The van der Waals surface area contributed by atoms with Crippen molar-refractivity contribution in [2.45, 2.75) is 0 Å². The van der Waals surface area contributed by atoms with Crippen LogP contribution in [0.5, 0.6) is 17.2 Å². The molecule has 0 aliphatic heterocycles. The molecule has 0 saturated heterocycles. The number of nitrogens with zero attached hydrogens (tertiary/aromatic N) is 3. The number of thiazole rings is 1. The van der Waals surface area contributed by atoms with E-state index in [1.807, 2.05) is 18.2 Å². The van der Waals surface area contributed by atoms with Crippen molar-refractivity contribution in [2.75, 3.05) is 26.3 Å². The van der Waals surface area contributed by atoms with E-state index in [1.165, 1.54) is 37.7 Å². The number of fused-ring (bicyclic) bond motifs is 1. The highest BCUT2D eigenvalue weighted by Crippen LogP contribution is 2.38. The van der Waals surface area contributed by atoms with E-state index in [0.717, 1.165) is 14.7 Å². The van der Waals surface area contributed by atoms with Crippen molar-refractivity contribution in [3.8, 4) is 17.2 Å². The number of halogens is 2. The summed E-state index contributed by atoms with van der Waals surface area (Å²) in [5.74, 6) is 1.07. The van der Waals surface area contributed by atoms with Crippen LogP contribution in [-0.2, 0) is 0 Å². The van der Waals surface area contributed by atoms with E-state index in [4.69, 9.17) is 25.8 Å². The number of carbonyl (C=O) groups excluding carboxylic acids is 1. The summed E-state index contributed by atoms with van der Waals surface area (Å²) in [5, 5.41) is 6.73. The van der Waals surface area contributed by atoms with Crippen LogP contribution < -0.4 is 19.2 Å². The van der Waals surface area contributed by atoms with E-state index < -0.39 is 0 Å². The minimum Gasteiger partial charge on any atom is -0.493 e. The van der Waals surface area contributed by atoms with Gasteiger partial charge in [-0.15, -0.1) is 0 Å². The standard InChI is InChI=1S/C24H19BrClN3O4S/c1-31-19-10-14(11-20(32-2)22(19)33-3)13-27-29(23(30)15-4-7-17(26)8-5-15)24-28-18-9-6-16(25)12-21(18)34-24/h4-13H,1-3H3/b27-13+. The molecule has 34 heavy (non-hydrogen) atoms. The van der Waals surface area contributed by atoms with Gasteiger partial charge in [-0.05, 0) is 54.6 Å². The molecule has 0 N–H and O–H groups in total. The van der Waals surface area contributed by atoms with Gasteiger partial charge in [-0.1, -0.05) is 38.9 Å². The highest BCUT2D eigenvalue weighted by atomic mass is 79.9. The lowest BCUT2D eigenvalue weighted by Gasteiger charge is -2.15. The highest BCUT2D eigenvalue weighted by Gasteiger charge is 2.21. The first-order valence-corrected chi connectivity index (χ1v) is 11.9. The van der Waals surface area contributed by atoms with Crippen molar-refractivity contribution in [2.24, 2.45) is 5.10 Å². The van der Waals surface area contributed by atoms with Crippen molar-refractivity contribution in [1.29, 1.82) is 0 Å². The van der Waals surface area contributed by atoms with E-state index in [9.17, 15) is 4.79 Å². The summed E-state index contributed by atoms with van der Waals surface area (Å²) in [4.78, 5) is 18.0. The van der Waals surface area contributed by atoms with Crippen LogP contribution in [0.1, 0.15) is 15.9 Å². The van der Waals surface area contributed by atoms with Crippen LogP contribution in [0.15, 0.2) is 64.2 Å². The lowest BCUT2D eigenvalue weighted by atomic mass is 10.2. The second-order valence-corrected chi connectivity index (χ2v) is 9.30. The quantitative estimate of drug-likeness (QED) is 0.193. The molecule has 3 aromatic carbocycles. The SMILES string of the molecule is COc1cc(/C=N/N(C(=O)c2ccc(Cl)cc2)c2nc3ccc(Br)cc3s2)cc(OC)c1OC. The van der Waals surface area contributed by atoms with E-state index in [2.05, 4.69) is 26.0 Å². The maximum Gasteiger partial charge on any atom is 0.280 e. The smallest absolute Gasteiger partial charge is 0.280 e. The average molecular weight is 561 g/mol. The third-order valence-electron chi connectivity index (χ3n) is 4.81. The summed E-state index contributed by atoms with van der Waals surface area (Å²) in [6, 6.07) is 15.8. The van der Waals surface area contributed by atoms with Crippen LogP contribution in [0, 0.1) is 0 Å². The van der Waals surface area contributed by atoms with Crippen molar-refractivity contribution >= 4 is 66.3 Å². The number of amides is 1. The van der Waals surface area contributed by atoms with Crippen molar-refractivity contribution in [1.82, 2.24) is 4.98 Å². The zero-order valence-electron chi connectivity index (χ0n) is 18.4. The van der Waals surface area contributed by atoms with Crippen LogP contribution in [0.3, 0.4) is 0 Å². The molecular formula is C24H19BrClN3O4S.